The summed E-state index contributed by atoms with van der Waals surface area (Å²) in [7, 11) is 1.62. The van der Waals surface area contributed by atoms with Crippen LogP contribution in [0.15, 0.2) is 18.2 Å². The first-order valence-corrected chi connectivity index (χ1v) is 9.73. The number of carbonyl (C=O) groups is 2. The second-order valence-corrected chi connectivity index (χ2v) is 7.09. The summed E-state index contributed by atoms with van der Waals surface area (Å²) in [4.78, 5) is 22.7. The van der Waals surface area contributed by atoms with Gasteiger partial charge in [-0.1, -0.05) is 26.3 Å². The number of ether oxygens (including phenoxy) is 2. The Morgan fingerprint density at radius 1 is 1.07 bits per heavy atom. The Bertz CT molecular complexity index is 588. The molecule has 0 aliphatic carbocycles. The Labute approximate surface area is 163 Å². The molecule has 0 spiro atoms. The molecular formula is C21H34N2O4. The average Bonchev–Trinajstić information content (AvgIpc) is 2.63. The highest BCUT2D eigenvalue weighted by molar-refractivity contribution is 5.75. The number of methoxy groups -OCH3 is 1. The van der Waals surface area contributed by atoms with Crippen molar-refractivity contribution in [3.05, 3.63) is 23.8 Å². The largest absolute Gasteiger partial charge is 0.493 e. The van der Waals surface area contributed by atoms with Crippen LogP contribution >= 0.6 is 0 Å². The molecule has 0 aliphatic rings. The average molecular weight is 379 g/mol. The van der Waals surface area contributed by atoms with E-state index in [9.17, 15) is 9.59 Å². The molecule has 152 valence electrons. The number of nitrogens with one attached hydrogen (secondary N) is 2. The number of hydrogen-bond acceptors (Lipinski definition) is 4. The molecule has 0 fully saturated rings. The van der Waals surface area contributed by atoms with Gasteiger partial charge in [-0.15, -0.1) is 0 Å². The molecule has 0 unspecified atom stereocenters. The van der Waals surface area contributed by atoms with Crippen LogP contribution in [0.1, 0.15) is 58.4 Å². The topological polar surface area (TPSA) is 76.7 Å². The highest BCUT2D eigenvalue weighted by atomic mass is 16.5. The SMILES string of the molecule is COc1cc(CNC(=O)CCCCCNC(C)=O)ccc1OCCC(C)C. The van der Waals surface area contributed by atoms with Crippen LogP contribution < -0.4 is 20.1 Å². The van der Waals surface area contributed by atoms with E-state index in [0.717, 1.165) is 37.0 Å². The zero-order chi connectivity index (χ0) is 20.1. The van der Waals surface area contributed by atoms with Gasteiger partial charge in [0.05, 0.1) is 13.7 Å². The highest BCUT2D eigenvalue weighted by Gasteiger charge is 2.08. The molecule has 0 bridgehead atoms. The summed E-state index contributed by atoms with van der Waals surface area (Å²) in [6.45, 7) is 7.62. The minimum Gasteiger partial charge on any atom is -0.493 e. The van der Waals surface area contributed by atoms with Crippen LogP contribution in [-0.2, 0) is 16.1 Å². The van der Waals surface area contributed by atoms with E-state index in [4.69, 9.17) is 9.47 Å². The maximum atomic E-state index is 11.9. The van der Waals surface area contributed by atoms with Gasteiger partial charge in [-0.25, -0.2) is 0 Å². The van der Waals surface area contributed by atoms with Crippen LogP contribution in [0, 0.1) is 5.92 Å². The van der Waals surface area contributed by atoms with E-state index < -0.39 is 0 Å². The van der Waals surface area contributed by atoms with E-state index in [0.29, 0.717) is 37.8 Å². The van der Waals surface area contributed by atoms with Gasteiger partial charge in [-0.05, 0) is 42.9 Å². The first-order chi connectivity index (χ1) is 12.9. The van der Waals surface area contributed by atoms with Crippen LogP contribution in [-0.4, -0.2) is 32.1 Å². The first-order valence-electron chi connectivity index (χ1n) is 9.73. The van der Waals surface area contributed by atoms with Gasteiger partial charge in [0.1, 0.15) is 0 Å². The van der Waals surface area contributed by atoms with E-state index in [1.165, 1.54) is 6.92 Å². The molecule has 1 aromatic carbocycles. The number of hydrogen-bond donors (Lipinski definition) is 2. The predicted molar refractivity (Wildman–Crippen MR) is 107 cm³/mol. The molecule has 0 aliphatic heterocycles. The van der Waals surface area contributed by atoms with Crippen molar-refractivity contribution in [2.24, 2.45) is 5.92 Å². The molecule has 6 heteroatoms. The van der Waals surface area contributed by atoms with Gasteiger partial charge in [0, 0.05) is 26.4 Å². The van der Waals surface area contributed by atoms with Crippen LogP contribution in [0.4, 0.5) is 0 Å². The third-order valence-corrected chi connectivity index (χ3v) is 4.13. The van der Waals surface area contributed by atoms with E-state index in [1.54, 1.807) is 7.11 Å². The fraction of sp³-hybridized carbons (Fsp3) is 0.619. The van der Waals surface area contributed by atoms with E-state index in [2.05, 4.69) is 24.5 Å². The number of carbonyl (C=O) groups excluding carboxylic acids is 2. The quantitative estimate of drug-likeness (QED) is 0.516. The Morgan fingerprint density at radius 3 is 2.52 bits per heavy atom. The van der Waals surface area contributed by atoms with Gasteiger partial charge < -0.3 is 20.1 Å². The number of unbranched alkanes of at least 4 members (excludes halogenated alkanes) is 2. The van der Waals surface area contributed by atoms with E-state index in [1.807, 2.05) is 18.2 Å². The minimum absolute atomic E-state index is 0.0143. The van der Waals surface area contributed by atoms with Crippen molar-refractivity contribution in [2.45, 2.75) is 59.4 Å². The summed E-state index contributed by atoms with van der Waals surface area (Å²) >= 11 is 0. The molecule has 1 rings (SSSR count). The molecular weight excluding hydrogens is 344 g/mol. The molecule has 2 N–H and O–H groups in total. The van der Waals surface area contributed by atoms with Crippen molar-refractivity contribution in [3.63, 3.8) is 0 Å². The zero-order valence-electron chi connectivity index (χ0n) is 17.1. The molecule has 2 amide bonds. The fourth-order valence-electron chi connectivity index (χ4n) is 2.49. The maximum Gasteiger partial charge on any atom is 0.220 e. The number of benzene rings is 1. The summed E-state index contributed by atoms with van der Waals surface area (Å²) in [5.74, 6) is 2.03. The van der Waals surface area contributed by atoms with Crippen molar-refractivity contribution in [1.82, 2.24) is 10.6 Å². The molecule has 0 atom stereocenters. The fourth-order valence-corrected chi connectivity index (χ4v) is 2.49. The summed E-state index contributed by atoms with van der Waals surface area (Å²) in [6.07, 6.45) is 4.11. The van der Waals surface area contributed by atoms with Crippen LogP contribution in [0.5, 0.6) is 11.5 Å². The van der Waals surface area contributed by atoms with E-state index >= 15 is 0 Å². The lowest BCUT2D eigenvalue weighted by Crippen LogP contribution is -2.23. The van der Waals surface area contributed by atoms with E-state index in [-0.39, 0.29) is 11.8 Å². The minimum atomic E-state index is -0.0143. The monoisotopic (exact) mass is 378 g/mol. The molecule has 0 saturated heterocycles. The predicted octanol–water partition coefficient (Wildman–Crippen LogP) is 3.43. The summed E-state index contributed by atoms with van der Waals surface area (Å²) < 4.78 is 11.2. The standard InChI is InChI=1S/C21H34N2O4/c1-16(2)11-13-27-19-10-9-18(14-20(19)26-4)15-23-21(25)8-6-5-7-12-22-17(3)24/h9-10,14,16H,5-8,11-13,15H2,1-4H3,(H,22,24)(H,23,25). The highest BCUT2D eigenvalue weighted by Crippen LogP contribution is 2.28. The maximum absolute atomic E-state index is 11.9. The first kappa shape index (κ1) is 22.8. The van der Waals surface area contributed by atoms with Crippen LogP contribution in [0.3, 0.4) is 0 Å². The van der Waals surface area contributed by atoms with Crippen molar-refractivity contribution < 1.29 is 19.1 Å². The second kappa shape index (κ2) is 13.0. The molecule has 0 saturated carbocycles. The molecule has 0 radical (unpaired) electrons. The summed E-state index contributed by atoms with van der Waals surface area (Å²) in [5.41, 5.74) is 0.974. The molecule has 1 aromatic rings. The summed E-state index contributed by atoms with van der Waals surface area (Å²) in [5, 5.41) is 5.68. The lowest BCUT2D eigenvalue weighted by atomic mass is 10.1. The van der Waals surface area contributed by atoms with Crippen LogP contribution in [0.25, 0.3) is 0 Å². The molecule has 0 heterocycles. The Hall–Kier alpha value is -2.24. The number of rotatable bonds is 13. The Kier molecular flexibility index (Phi) is 11.0. The van der Waals surface area contributed by atoms with Gasteiger partial charge in [0.2, 0.25) is 11.8 Å². The third kappa shape index (κ3) is 10.5. The number of amides is 2. The van der Waals surface area contributed by atoms with Crippen molar-refractivity contribution in [2.75, 3.05) is 20.3 Å². The second-order valence-electron chi connectivity index (χ2n) is 7.09. The van der Waals surface area contributed by atoms with Gasteiger partial charge in [-0.3, -0.25) is 9.59 Å². The van der Waals surface area contributed by atoms with Gasteiger partial charge in [-0.2, -0.15) is 0 Å². The lowest BCUT2D eigenvalue weighted by molar-refractivity contribution is -0.121. The van der Waals surface area contributed by atoms with Crippen LogP contribution in [0.2, 0.25) is 0 Å². The van der Waals surface area contributed by atoms with Gasteiger partial charge in [0.25, 0.3) is 0 Å². The normalized spacial score (nSPS) is 10.6. The molecule has 6 nitrogen and oxygen atoms in total. The molecule has 27 heavy (non-hydrogen) atoms. The Morgan fingerprint density at radius 2 is 1.85 bits per heavy atom. The smallest absolute Gasteiger partial charge is 0.220 e. The third-order valence-electron chi connectivity index (χ3n) is 4.13. The van der Waals surface area contributed by atoms with Crippen molar-refractivity contribution >= 4 is 11.8 Å². The van der Waals surface area contributed by atoms with Gasteiger partial charge >= 0.3 is 0 Å². The molecule has 0 aromatic heterocycles. The van der Waals surface area contributed by atoms with Gasteiger partial charge in [0.15, 0.2) is 11.5 Å². The van der Waals surface area contributed by atoms with Crippen molar-refractivity contribution in [1.29, 1.82) is 0 Å². The zero-order valence-corrected chi connectivity index (χ0v) is 17.1. The van der Waals surface area contributed by atoms with Crippen molar-refractivity contribution in [3.8, 4) is 11.5 Å². The lowest BCUT2D eigenvalue weighted by Gasteiger charge is -2.13. The Balaban J connectivity index is 2.32. The summed E-state index contributed by atoms with van der Waals surface area (Å²) in [6, 6.07) is 5.74.